The predicted octanol–water partition coefficient (Wildman–Crippen LogP) is 5.47. The van der Waals surface area contributed by atoms with Gasteiger partial charge in [0, 0.05) is 35.4 Å². The number of amides is 3. The minimum Gasteiger partial charge on any atom is -0.324 e. The number of likely N-dealkylation sites (tertiary alicyclic amines) is 1. The van der Waals surface area contributed by atoms with Gasteiger partial charge in [-0.25, -0.2) is 4.79 Å². The quantitative estimate of drug-likeness (QED) is 0.530. The zero-order chi connectivity index (χ0) is 22.7. The molecule has 0 saturated carbocycles. The number of anilines is 2. The van der Waals surface area contributed by atoms with Crippen molar-refractivity contribution in [2.75, 3.05) is 23.7 Å². The Kier molecular flexibility index (Phi) is 6.72. The van der Waals surface area contributed by atoms with Crippen LogP contribution in [-0.4, -0.2) is 40.1 Å². The standard InChI is InChI=1S/C23H24ClN5O2S/c1-14-8-9-19(11-15(14)2)26-23(31)29-10-4-5-16(13-29)21-27-28-22(32-21)20(30)25-18-7-3-6-17(24)12-18/h3,6-9,11-12,16H,4-5,10,13H2,1-2H3,(H,25,30)(H,26,31). The molecule has 7 nitrogen and oxygen atoms in total. The molecule has 1 unspecified atom stereocenters. The molecule has 1 atom stereocenters. The van der Waals surface area contributed by atoms with Gasteiger partial charge >= 0.3 is 6.03 Å². The normalized spacial score (nSPS) is 16.0. The lowest BCUT2D eigenvalue weighted by molar-refractivity contribution is 0.102. The van der Waals surface area contributed by atoms with Crippen molar-refractivity contribution < 1.29 is 9.59 Å². The van der Waals surface area contributed by atoms with E-state index in [1.807, 2.05) is 32.0 Å². The smallest absolute Gasteiger partial charge is 0.321 e. The zero-order valence-electron chi connectivity index (χ0n) is 17.9. The summed E-state index contributed by atoms with van der Waals surface area (Å²) in [5.74, 6) is -0.268. The molecule has 4 rings (SSSR count). The molecule has 3 aromatic rings. The van der Waals surface area contributed by atoms with Crippen molar-refractivity contribution in [2.24, 2.45) is 0 Å². The molecular formula is C23H24ClN5O2S. The minimum atomic E-state index is -0.323. The van der Waals surface area contributed by atoms with Crippen LogP contribution < -0.4 is 10.6 Å². The molecule has 1 aromatic heterocycles. The molecule has 1 aliphatic heterocycles. The second kappa shape index (κ2) is 9.67. The first kappa shape index (κ1) is 22.2. The minimum absolute atomic E-state index is 0.0551. The highest BCUT2D eigenvalue weighted by molar-refractivity contribution is 7.13. The number of aromatic nitrogens is 2. The molecule has 0 aliphatic carbocycles. The van der Waals surface area contributed by atoms with Gasteiger partial charge in [-0.15, -0.1) is 10.2 Å². The summed E-state index contributed by atoms with van der Waals surface area (Å²) in [5.41, 5.74) is 3.71. The van der Waals surface area contributed by atoms with E-state index >= 15 is 0 Å². The number of hydrogen-bond acceptors (Lipinski definition) is 5. The van der Waals surface area contributed by atoms with Crippen LogP contribution in [0.1, 0.15) is 44.7 Å². The molecule has 2 heterocycles. The summed E-state index contributed by atoms with van der Waals surface area (Å²) in [6, 6.07) is 12.7. The number of benzene rings is 2. The highest BCUT2D eigenvalue weighted by atomic mass is 35.5. The summed E-state index contributed by atoms with van der Waals surface area (Å²) < 4.78 is 0. The second-order valence-corrected chi connectivity index (χ2v) is 9.37. The summed E-state index contributed by atoms with van der Waals surface area (Å²) in [6.45, 7) is 5.30. The number of carbonyl (C=O) groups is 2. The van der Waals surface area contributed by atoms with E-state index in [2.05, 4.69) is 20.8 Å². The molecular weight excluding hydrogens is 446 g/mol. The fourth-order valence-corrected chi connectivity index (χ4v) is 4.68. The van der Waals surface area contributed by atoms with Crippen LogP contribution in [0.2, 0.25) is 5.02 Å². The summed E-state index contributed by atoms with van der Waals surface area (Å²) in [4.78, 5) is 27.1. The number of urea groups is 1. The molecule has 1 aliphatic rings. The SMILES string of the molecule is Cc1ccc(NC(=O)N2CCCC(c3nnc(C(=O)Nc4cccc(Cl)c4)s3)C2)cc1C. The van der Waals surface area contributed by atoms with Gasteiger partial charge in [-0.2, -0.15) is 0 Å². The van der Waals surface area contributed by atoms with E-state index in [4.69, 9.17) is 11.6 Å². The van der Waals surface area contributed by atoms with Gasteiger partial charge in [0.25, 0.3) is 5.91 Å². The third-order valence-corrected chi connectivity index (χ3v) is 6.85. The van der Waals surface area contributed by atoms with Gasteiger partial charge in [0.2, 0.25) is 5.01 Å². The van der Waals surface area contributed by atoms with Crippen molar-refractivity contribution in [2.45, 2.75) is 32.6 Å². The molecule has 0 spiro atoms. The molecule has 0 bridgehead atoms. The molecule has 2 N–H and O–H groups in total. The molecule has 1 saturated heterocycles. The van der Waals surface area contributed by atoms with Crippen molar-refractivity contribution in [1.82, 2.24) is 15.1 Å². The van der Waals surface area contributed by atoms with Crippen LogP contribution in [0.4, 0.5) is 16.2 Å². The molecule has 2 aromatic carbocycles. The average molecular weight is 470 g/mol. The average Bonchev–Trinajstić information content (AvgIpc) is 3.27. The van der Waals surface area contributed by atoms with Crippen LogP contribution in [0.15, 0.2) is 42.5 Å². The van der Waals surface area contributed by atoms with E-state index in [-0.39, 0.29) is 22.9 Å². The Morgan fingerprint density at radius 2 is 1.88 bits per heavy atom. The third-order valence-electron chi connectivity index (χ3n) is 5.53. The fourth-order valence-electron chi connectivity index (χ4n) is 3.63. The van der Waals surface area contributed by atoms with Crippen molar-refractivity contribution >= 4 is 46.3 Å². The molecule has 3 amide bonds. The van der Waals surface area contributed by atoms with E-state index in [9.17, 15) is 9.59 Å². The van der Waals surface area contributed by atoms with E-state index < -0.39 is 0 Å². The number of nitrogens with one attached hydrogen (secondary N) is 2. The Morgan fingerprint density at radius 1 is 1.06 bits per heavy atom. The number of carbonyl (C=O) groups excluding carboxylic acids is 2. The Balaban J connectivity index is 1.39. The number of piperidine rings is 1. The highest BCUT2D eigenvalue weighted by Crippen LogP contribution is 2.30. The number of nitrogens with zero attached hydrogens (tertiary/aromatic N) is 3. The predicted molar refractivity (Wildman–Crippen MR) is 128 cm³/mol. The number of hydrogen-bond donors (Lipinski definition) is 2. The second-order valence-electron chi connectivity index (χ2n) is 7.92. The molecule has 32 heavy (non-hydrogen) atoms. The van der Waals surface area contributed by atoms with Crippen molar-refractivity contribution in [3.63, 3.8) is 0 Å². The molecule has 9 heteroatoms. The Bertz CT molecular complexity index is 1150. The zero-order valence-corrected chi connectivity index (χ0v) is 19.5. The molecule has 0 radical (unpaired) electrons. The first-order valence-corrected chi connectivity index (χ1v) is 11.6. The Labute approximate surface area is 195 Å². The Hall–Kier alpha value is -2.97. The van der Waals surface area contributed by atoms with Gasteiger partial charge in [-0.3, -0.25) is 4.79 Å². The van der Waals surface area contributed by atoms with Gasteiger partial charge in [-0.05, 0) is 68.1 Å². The van der Waals surface area contributed by atoms with E-state index in [1.165, 1.54) is 16.9 Å². The summed E-state index contributed by atoms with van der Waals surface area (Å²) >= 11 is 7.24. The summed E-state index contributed by atoms with van der Waals surface area (Å²) in [6.07, 6.45) is 1.77. The first-order valence-electron chi connectivity index (χ1n) is 10.4. The number of halogens is 1. The maximum atomic E-state index is 12.8. The van der Waals surface area contributed by atoms with Crippen molar-refractivity contribution in [1.29, 1.82) is 0 Å². The lowest BCUT2D eigenvalue weighted by atomic mass is 9.99. The van der Waals surface area contributed by atoms with Crippen LogP contribution in [0.3, 0.4) is 0 Å². The fraction of sp³-hybridized carbons (Fsp3) is 0.304. The van der Waals surface area contributed by atoms with Gasteiger partial charge in [0.15, 0.2) is 0 Å². The van der Waals surface area contributed by atoms with Crippen LogP contribution in [-0.2, 0) is 0 Å². The number of rotatable bonds is 4. The topological polar surface area (TPSA) is 87.2 Å². The maximum absolute atomic E-state index is 12.8. The Morgan fingerprint density at radius 3 is 2.66 bits per heavy atom. The summed E-state index contributed by atoms with van der Waals surface area (Å²) in [7, 11) is 0. The monoisotopic (exact) mass is 469 g/mol. The van der Waals surface area contributed by atoms with Gasteiger partial charge in [0.1, 0.15) is 5.01 Å². The third kappa shape index (κ3) is 5.26. The molecule has 1 fully saturated rings. The number of aryl methyl sites for hydroxylation is 2. The van der Waals surface area contributed by atoms with Crippen LogP contribution in [0, 0.1) is 13.8 Å². The lowest BCUT2D eigenvalue weighted by Gasteiger charge is -2.31. The van der Waals surface area contributed by atoms with Crippen molar-refractivity contribution in [3.05, 3.63) is 68.6 Å². The van der Waals surface area contributed by atoms with Crippen molar-refractivity contribution in [3.8, 4) is 0 Å². The molecule has 166 valence electrons. The van der Waals surface area contributed by atoms with E-state index in [0.29, 0.717) is 23.8 Å². The van der Waals surface area contributed by atoms with Crippen LogP contribution >= 0.6 is 22.9 Å². The van der Waals surface area contributed by atoms with Gasteiger partial charge in [-0.1, -0.05) is 35.1 Å². The van der Waals surface area contributed by atoms with Gasteiger partial charge < -0.3 is 15.5 Å². The first-order chi connectivity index (χ1) is 15.4. The largest absolute Gasteiger partial charge is 0.324 e. The van der Waals surface area contributed by atoms with Crippen LogP contribution in [0.25, 0.3) is 0 Å². The van der Waals surface area contributed by atoms with Crippen LogP contribution in [0.5, 0.6) is 0 Å². The van der Waals surface area contributed by atoms with E-state index in [0.717, 1.165) is 29.1 Å². The van der Waals surface area contributed by atoms with E-state index in [1.54, 1.807) is 29.2 Å². The van der Waals surface area contributed by atoms with Gasteiger partial charge in [0.05, 0.1) is 0 Å². The summed E-state index contributed by atoms with van der Waals surface area (Å²) in [5, 5.41) is 15.7. The lowest BCUT2D eigenvalue weighted by Crippen LogP contribution is -2.41. The highest BCUT2D eigenvalue weighted by Gasteiger charge is 2.28. The maximum Gasteiger partial charge on any atom is 0.321 e.